The van der Waals surface area contributed by atoms with Crippen molar-refractivity contribution in [2.24, 2.45) is 0 Å². The van der Waals surface area contributed by atoms with E-state index >= 15 is 0 Å². The molecule has 35 heavy (non-hydrogen) atoms. The van der Waals surface area contributed by atoms with Crippen molar-refractivity contribution < 1.29 is 4.79 Å². The second-order valence-electron chi connectivity index (χ2n) is 9.24. The summed E-state index contributed by atoms with van der Waals surface area (Å²) in [4.78, 5) is 27.2. The highest BCUT2D eigenvalue weighted by Crippen LogP contribution is 2.30. The maximum absolute atomic E-state index is 13.0. The molecule has 4 aromatic rings. The number of benzene rings is 2. The van der Waals surface area contributed by atoms with E-state index in [9.17, 15) is 4.79 Å². The fourth-order valence-electron chi connectivity index (χ4n) is 4.63. The maximum atomic E-state index is 13.0. The van der Waals surface area contributed by atoms with Crippen molar-refractivity contribution in [3.05, 3.63) is 77.2 Å². The number of unbranched alkanes of at least 4 members (excludes halogenated alkanes) is 1. The van der Waals surface area contributed by atoms with Crippen molar-refractivity contribution in [3.63, 3.8) is 0 Å². The van der Waals surface area contributed by atoms with Gasteiger partial charge in [0.2, 0.25) is 0 Å². The molecule has 7 heteroatoms. The maximum Gasteiger partial charge on any atom is 0.253 e. The Kier molecular flexibility index (Phi) is 6.49. The van der Waals surface area contributed by atoms with Gasteiger partial charge in [-0.05, 0) is 44.5 Å². The van der Waals surface area contributed by atoms with Crippen molar-refractivity contribution in [2.45, 2.75) is 40.0 Å². The Hall–Kier alpha value is -3.74. The molecule has 7 nitrogen and oxygen atoms in total. The lowest BCUT2D eigenvalue weighted by Gasteiger charge is -2.36. The van der Waals surface area contributed by atoms with Crippen LogP contribution in [0.3, 0.4) is 0 Å². The Morgan fingerprint density at radius 3 is 2.31 bits per heavy atom. The number of piperazine rings is 1. The molecular weight excluding hydrogens is 436 g/mol. The van der Waals surface area contributed by atoms with Crippen LogP contribution in [0.2, 0.25) is 0 Å². The highest BCUT2D eigenvalue weighted by Gasteiger charge is 2.26. The van der Waals surface area contributed by atoms with E-state index in [1.165, 1.54) is 0 Å². The molecule has 1 fully saturated rings. The second-order valence-corrected chi connectivity index (χ2v) is 9.24. The van der Waals surface area contributed by atoms with Crippen LogP contribution in [-0.4, -0.2) is 56.7 Å². The largest absolute Gasteiger partial charge is 0.352 e. The minimum atomic E-state index is 0.0918. The Bertz CT molecular complexity index is 1320. The van der Waals surface area contributed by atoms with Gasteiger partial charge in [0, 0.05) is 38.2 Å². The first-order valence-corrected chi connectivity index (χ1v) is 12.5. The third-order valence-electron chi connectivity index (χ3n) is 6.65. The molecule has 0 atom stereocenters. The summed E-state index contributed by atoms with van der Waals surface area (Å²) in [6.45, 7) is 9.02. The summed E-state index contributed by atoms with van der Waals surface area (Å²) in [6, 6.07) is 18.0. The molecule has 0 unspecified atom stereocenters. The summed E-state index contributed by atoms with van der Waals surface area (Å²) >= 11 is 0. The summed E-state index contributed by atoms with van der Waals surface area (Å²) in [5, 5.41) is 5.84. The number of hydrogen-bond donors (Lipinski definition) is 0. The standard InChI is InChI=1S/C28H32N6O/c1-4-5-11-24-29-26(25-21(3)31-34(27(25)30-24)23-9-7-6-8-10-23)32-16-18-33(19-17-32)28(35)22-14-12-20(2)13-15-22/h6-10,12-15H,4-5,11,16-19H2,1-3H3. The minimum absolute atomic E-state index is 0.0918. The molecule has 2 aromatic heterocycles. The van der Waals surface area contributed by atoms with Gasteiger partial charge in [-0.1, -0.05) is 49.2 Å². The number of rotatable bonds is 6. The number of anilines is 1. The summed E-state index contributed by atoms with van der Waals surface area (Å²) in [7, 11) is 0. The number of hydrogen-bond acceptors (Lipinski definition) is 5. The average molecular weight is 469 g/mol. The van der Waals surface area contributed by atoms with Gasteiger partial charge in [-0.15, -0.1) is 0 Å². The molecule has 1 aliphatic rings. The van der Waals surface area contributed by atoms with Gasteiger partial charge in [-0.25, -0.2) is 14.6 Å². The molecule has 180 valence electrons. The van der Waals surface area contributed by atoms with Crippen LogP contribution in [0.15, 0.2) is 54.6 Å². The molecule has 0 bridgehead atoms. The molecule has 0 aliphatic carbocycles. The van der Waals surface area contributed by atoms with Crippen molar-refractivity contribution >= 4 is 22.8 Å². The first kappa shape index (κ1) is 23.0. The van der Waals surface area contributed by atoms with E-state index in [0.29, 0.717) is 13.1 Å². The zero-order chi connectivity index (χ0) is 24.4. The predicted molar refractivity (Wildman–Crippen MR) is 139 cm³/mol. The van der Waals surface area contributed by atoms with Crippen LogP contribution >= 0.6 is 0 Å². The number of carbonyl (C=O) groups is 1. The van der Waals surface area contributed by atoms with E-state index < -0.39 is 0 Å². The molecule has 0 saturated carbocycles. The molecule has 5 rings (SSSR count). The van der Waals surface area contributed by atoms with Gasteiger partial charge in [0.15, 0.2) is 5.65 Å². The summed E-state index contributed by atoms with van der Waals surface area (Å²) in [6.07, 6.45) is 2.97. The minimum Gasteiger partial charge on any atom is -0.352 e. The van der Waals surface area contributed by atoms with Gasteiger partial charge in [-0.3, -0.25) is 4.79 Å². The van der Waals surface area contributed by atoms with Gasteiger partial charge in [0.25, 0.3) is 5.91 Å². The molecule has 2 aromatic carbocycles. The monoisotopic (exact) mass is 468 g/mol. The van der Waals surface area contributed by atoms with Crippen molar-refractivity contribution in [1.29, 1.82) is 0 Å². The van der Waals surface area contributed by atoms with E-state index in [0.717, 1.165) is 77.5 Å². The van der Waals surface area contributed by atoms with Gasteiger partial charge < -0.3 is 9.80 Å². The zero-order valence-corrected chi connectivity index (χ0v) is 20.7. The number of amides is 1. The van der Waals surface area contributed by atoms with Crippen LogP contribution in [0.1, 0.15) is 47.2 Å². The first-order valence-electron chi connectivity index (χ1n) is 12.5. The molecule has 1 aliphatic heterocycles. The Morgan fingerprint density at radius 2 is 1.63 bits per heavy atom. The predicted octanol–water partition coefficient (Wildman–Crippen LogP) is 4.74. The number of nitrogens with zero attached hydrogens (tertiary/aromatic N) is 6. The number of para-hydroxylation sites is 1. The zero-order valence-electron chi connectivity index (χ0n) is 20.7. The third-order valence-corrected chi connectivity index (χ3v) is 6.65. The van der Waals surface area contributed by atoms with Crippen LogP contribution in [0.5, 0.6) is 0 Å². The quantitative estimate of drug-likeness (QED) is 0.409. The van der Waals surface area contributed by atoms with Crippen molar-refractivity contribution in [2.75, 3.05) is 31.1 Å². The molecule has 1 saturated heterocycles. The summed E-state index contributed by atoms with van der Waals surface area (Å²) in [5.41, 5.74) is 4.66. The number of carbonyl (C=O) groups excluding carboxylic acids is 1. The van der Waals surface area contributed by atoms with Gasteiger partial charge in [0.1, 0.15) is 11.6 Å². The van der Waals surface area contributed by atoms with Crippen LogP contribution < -0.4 is 4.90 Å². The fourth-order valence-corrected chi connectivity index (χ4v) is 4.63. The fraction of sp³-hybridized carbons (Fsp3) is 0.357. The van der Waals surface area contributed by atoms with E-state index in [1.807, 2.05) is 65.9 Å². The van der Waals surface area contributed by atoms with E-state index in [2.05, 4.69) is 24.0 Å². The van der Waals surface area contributed by atoms with Crippen LogP contribution in [-0.2, 0) is 6.42 Å². The van der Waals surface area contributed by atoms with Gasteiger partial charge in [-0.2, -0.15) is 5.10 Å². The first-order chi connectivity index (χ1) is 17.0. The number of fused-ring (bicyclic) bond motifs is 1. The lowest BCUT2D eigenvalue weighted by atomic mass is 10.1. The average Bonchev–Trinajstić information content (AvgIpc) is 3.24. The number of aromatic nitrogens is 4. The lowest BCUT2D eigenvalue weighted by Crippen LogP contribution is -2.49. The Labute approximate surface area is 206 Å². The molecular formula is C28H32N6O. The normalized spacial score (nSPS) is 14.0. The molecule has 0 N–H and O–H groups in total. The van der Waals surface area contributed by atoms with Gasteiger partial charge in [0.05, 0.1) is 16.8 Å². The highest BCUT2D eigenvalue weighted by atomic mass is 16.2. The lowest BCUT2D eigenvalue weighted by molar-refractivity contribution is 0.0746. The SMILES string of the molecule is CCCCc1nc(N2CCN(C(=O)c3ccc(C)cc3)CC2)c2c(C)nn(-c3ccccc3)c2n1. The van der Waals surface area contributed by atoms with Crippen LogP contribution in [0.25, 0.3) is 16.7 Å². The summed E-state index contributed by atoms with van der Waals surface area (Å²) < 4.78 is 1.93. The number of aryl methyl sites for hydroxylation is 3. The molecule has 0 radical (unpaired) electrons. The van der Waals surface area contributed by atoms with Gasteiger partial charge >= 0.3 is 0 Å². The van der Waals surface area contributed by atoms with Crippen molar-refractivity contribution in [1.82, 2.24) is 24.6 Å². The van der Waals surface area contributed by atoms with E-state index in [-0.39, 0.29) is 5.91 Å². The topological polar surface area (TPSA) is 67.2 Å². The van der Waals surface area contributed by atoms with Crippen LogP contribution in [0.4, 0.5) is 5.82 Å². The van der Waals surface area contributed by atoms with E-state index in [1.54, 1.807) is 0 Å². The Balaban J connectivity index is 1.46. The Morgan fingerprint density at radius 1 is 0.914 bits per heavy atom. The highest BCUT2D eigenvalue weighted by molar-refractivity contribution is 5.95. The molecule has 1 amide bonds. The van der Waals surface area contributed by atoms with E-state index in [4.69, 9.17) is 15.1 Å². The van der Waals surface area contributed by atoms with Crippen molar-refractivity contribution in [3.8, 4) is 5.69 Å². The summed E-state index contributed by atoms with van der Waals surface area (Å²) in [5.74, 6) is 1.88. The molecule has 3 heterocycles. The molecule has 0 spiro atoms. The third kappa shape index (κ3) is 4.63. The second kappa shape index (κ2) is 9.86. The van der Waals surface area contributed by atoms with Crippen LogP contribution in [0, 0.1) is 13.8 Å². The smallest absolute Gasteiger partial charge is 0.253 e.